The van der Waals surface area contributed by atoms with E-state index < -0.39 is 5.82 Å². The van der Waals surface area contributed by atoms with E-state index in [2.05, 4.69) is 20.2 Å². The molecular weight excluding hydrogens is 521 g/mol. The number of fused-ring (bicyclic) bond motifs is 1. The number of benzene rings is 2. The first kappa shape index (κ1) is 27.4. The number of aromatic nitrogens is 2. The average molecular weight is 556 g/mol. The van der Waals surface area contributed by atoms with Crippen molar-refractivity contribution in [3.63, 3.8) is 0 Å². The van der Waals surface area contributed by atoms with E-state index in [1.54, 1.807) is 24.1 Å². The number of carbonyl (C=O) groups excluding carboxylic acids is 1. The van der Waals surface area contributed by atoms with Crippen molar-refractivity contribution in [2.45, 2.75) is 63.1 Å². The summed E-state index contributed by atoms with van der Waals surface area (Å²) in [5.41, 5.74) is 0.868. The number of likely N-dealkylation sites (tertiary alicyclic amines) is 1. The number of methoxy groups -OCH3 is 1. The molecule has 8 nitrogen and oxygen atoms in total. The summed E-state index contributed by atoms with van der Waals surface area (Å²) in [6, 6.07) is 8.80. The Labute approximate surface area is 233 Å². The first-order valence-corrected chi connectivity index (χ1v) is 13.9. The zero-order chi connectivity index (χ0) is 27.5. The van der Waals surface area contributed by atoms with Gasteiger partial charge in [-0.25, -0.2) is 14.4 Å². The molecule has 1 aliphatic heterocycles. The van der Waals surface area contributed by atoms with E-state index >= 15 is 0 Å². The van der Waals surface area contributed by atoms with Gasteiger partial charge in [0.2, 0.25) is 5.91 Å². The number of hydrogen-bond donors (Lipinski definition) is 1. The summed E-state index contributed by atoms with van der Waals surface area (Å²) < 4.78 is 26.7. The molecule has 2 fully saturated rings. The van der Waals surface area contributed by atoms with Crippen molar-refractivity contribution in [1.29, 1.82) is 0 Å². The maximum atomic E-state index is 14.6. The number of halogens is 2. The summed E-state index contributed by atoms with van der Waals surface area (Å²) in [7, 11) is 5.29. The molecule has 1 atom stereocenters. The molecule has 1 aliphatic carbocycles. The van der Waals surface area contributed by atoms with Crippen LogP contribution >= 0.6 is 11.6 Å². The molecule has 3 aromatic rings. The zero-order valence-electron chi connectivity index (χ0n) is 22.6. The lowest BCUT2D eigenvalue weighted by molar-refractivity contribution is -0.137. The maximum Gasteiger partial charge on any atom is 0.239 e. The van der Waals surface area contributed by atoms with Crippen molar-refractivity contribution in [1.82, 2.24) is 19.8 Å². The quantitative estimate of drug-likeness (QED) is 0.394. The van der Waals surface area contributed by atoms with Gasteiger partial charge in [-0.3, -0.25) is 9.69 Å². The van der Waals surface area contributed by atoms with Crippen LogP contribution in [0.3, 0.4) is 0 Å². The molecule has 1 saturated carbocycles. The highest BCUT2D eigenvalue weighted by atomic mass is 35.5. The topological polar surface area (TPSA) is 79.8 Å². The number of carbonyl (C=O) groups is 1. The Kier molecular flexibility index (Phi) is 8.37. The van der Waals surface area contributed by atoms with Gasteiger partial charge in [0.05, 0.1) is 35.5 Å². The van der Waals surface area contributed by atoms with Crippen LogP contribution in [0.5, 0.6) is 11.5 Å². The van der Waals surface area contributed by atoms with Crippen molar-refractivity contribution in [2.75, 3.05) is 33.1 Å². The Hall–Kier alpha value is -3.17. The third-order valence-corrected chi connectivity index (χ3v) is 8.09. The molecule has 39 heavy (non-hydrogen) atoms. The lowest BCUT2D eigenvalue weighted by atomic mass is 9.88. The molecule has 1 aromatic heterocycles. The normalized spacial score (nSPS) is 21.9. The predicted octanol–water partition coefficient (Wildman–Crippen LogP) is 5.81. The van der Waals surface area contributed by atoms with Gasteiger partial charge >= 0.3 is 0 Å². The van der Waals surface area contributed by atoms with E-state index in [-0.39, 0.29) is 28.8 Å². The molecule has 5 rings (SSSR count). The summed E-state index contributed by atoms with van der Waals surface area (Å²) in [5.74, 6) is 1.28. The number of likely N-dealkylation sites (N-methyl/N-ethyl adjacent to an activating group) is 1. The minimum Gasteiger partial charge on any atom is -0.493 e. The summed E-state index contributed by atoms with van der Waals surface area (Å²) >= 11 is 5.96. The summed E-state index contributed by atoms with van der Waals surface area (Å²) in [4.78, 5) is 25.7. The van der Waals surface area contributed by atoms with Crippen molar-refractivity contribution in [2.24, 2.45) is 0 Å². The number of ether oxygens (including phenoxy) is 2. The van der Waals surface area contributed by atoms with Gasteiger partial charge < -0.3 is 19.7 Å². The van der Waals surface area contributed by atoms with Crippen molar-refractivity contribution >= 4 is 39.9 Å². The second-order valence-electron chi connectivity index (χ2n) is 10.5. The van der Waals surface area contributed by atoms with Gasteiger partial charge in [0.15, 0.2) is 17.3 Å². The fraction of sp³-hybridized carbons (Fsp3) is 0.483. The average Bonchev–Trinajstić information content (AvgIpc) is 2.95. The maximum absolute atomic E-state index is 14.6. The third-order valence-electron chi connectivity index (χ3n) is 7.80. The molecule has 0 bridgehead atoms. The summed E-state index contributed by atoms with van der Waals surface area (Å²) in [6.07, 6.45) is 8.33. The molecule has 0 radical (unpaired) electrons. The van der Waals surface area contributed by atoms with Gasteiger partial charge in [0.1, 0.15) is 12.1 Å². The van der Waals surface area contributed by atoms with E-state index in [4.69, 9.17) is 21.1 Å². The first-order chi connectivity index (χ1) is 18.9. The van der Waals surface area contributed by atoms with Crippen LogP contribution in [0.1, 0.15) is 44.9 Å². The lowest BCUT2D eigenvalue weighted by Crippen LogP contribution is -2.54. The first-order valence-electron chi connectivity index (χ1n) is 13.5. The Morgan fingerprint density at radius 1 is 1.10 bits per heavy atom. The van der Waals surface area contributed by atoms with Crippen LogP contribution in [0, 0.1) is 5.82 Å². The highest BCUT2D eigenvalue weighted by Gasteiger charge is 2.36. The Morgan fingerprint density at radius 2 is 1.90 bits per heavy atom. The van der Waals surface area contributed by atoms with Gasteiger partial charge in [-0.2, -0.15) is 0 Å². The lowest BCUT2D eigenvalue weighted by Gasteiger charge is -2.43. The second-order valence-corrected chi connectivity index (χ2v) is 10.9. The highest BCUT2D eigenvalue weighted by Crippen LogP contribution is 2.38. The van der Waals surface area contributed by atoms with Crippen LogP contribution in [0.25, 0.3) is 10.9 Å². The van der Waals surface area contributed by atoms with E-state index in [1.165, 1.54) is 12.4 Å². The molecule has 208 valence electrons. The van der Waals surface area contributed by atoms with Crippen LogP contribution in [0.15, 0.2) is 36.7 Å². The van der Waals surface area contributed by atoms with Crippen LogP contribution in [0.2, 0.25) is 5.02 Å². The van der Waals surface area contributed by atoms with Gasteiger partial charge in [-0.15, -0.1) is 0 Å². The minimum atomic E-state index is -0.545. The van der Waals surface area contributed by atoms with Crippen LogP contribution < -0.4 is 14.8 Å². The molecule has 0 unspecified atom stereocenters. The van der Waals surface area contributed by atoms with Gasteiger partial charge in [0, 0.05) is 31.6 Å². The van der Waals surface area contributed by atoms with Crippen molar-refractivity contribution in [3.05, 3.63) is 47.5 Å². The van der Waals surface area contributed by atoms with E-state index in [0.29, 0.717) is 34.3 Å². The number of hydrogen-bond acceptors (Lipinski definition) is 7. The number of rotatable bonds is 7. The molecule has 10 heteroatoms. The van der Waals surface area contributed by atoms with Gasteiger partial charge in [0.25, 0.3) is 0 Å². The fourth-order valence-corrected chi connectivity index (χ4v) is 5.95. The van der Waals surface area contributed by atoms with E-state index in [0.717, 1.165) is 51.5 Å². The van der Waals surface area contributed by atoms with Gasteiger partial charge in [-0.1, -0.05) is 24.1 Å². The molecule has 2 heterocycles. The van der Waals surface area contributed by atoms with Crippen LogP contribution in [0.4, 0.5) is 15.9 Å². The molecule has 1 amide bonds. The number of nitrogens with one attached hydrogen (secondary N) is 1. The molecule has 0 spiro atoms. The molecule has 1 N–H and O–H groups in total. The van der Waals surface area contributed by atoms with Crippen molar-refractivity contribution in [3.8, 4) is 11.5 Å². The highest BCUT2D eigenvalue weighted by molar-refractivity contribution is 6.31. The Bertz CT molecular complexity index is 1330. The largest absolute Gasteiger partial charge is 0.493 e. The number of amides is 1. The predicted molar refractivity (Wildman–Crippen MR) is 150 cm³/mol. The number of anilines is 2. The summed E-state index contributed by atoms with van der Waals surface area (Å²) in [6.45, 7) is 0.974. The van der Waals surface area contributed by atoms with E-state index in [1.807, 2.05) is 26.2 Å². The van der Waals surface area contributed by atoms with E-state index in [9.17, 15) is 9.18 Å². The molecular formula is C29H35ClFN5O3. The number of piperidine rings is 1. The minimum absolute atomic E-state index is 0.0202. The second kappa shape index (κ2) is 11.9. The zero-order valence-corrected chi connectivity index (χ0v) is 23.4. The Morgan fingerprint density at radius 3 is 2.64 bits per heavy atom. The van der Waals surface area contributed by atoms with Crippen molar-refractivity contribution < 1.29 is 18.7 Å². The van der Waals surface area contributed by atoms with Gasteiger partial charge in [-0.05, 0) is 63.3 Å². The standard InChI is InChI=1S/C29H35ClFN5O3/c1-35(2)29(37)24-9-4-5-14-36(24)18-10-12-19(13-11-18)39-26-15-20-23(16-25(26)38-3)32-17-33-28(20)34-22-8-6-7-21(30)27(22)31/h6-8,15-19,24H,4-5,9-14H2,1-3H3,(H,32,33,34)/t18?,19?,24-/m0/s1. The molecule has 2 aliphatic rings. The number of nitrogens with zero attached hydrogens (tertiary/aromatic N) is 4. The summed E-state index contributed by atoms with van der Waals surface area (Å²) in [5, 5.41) is 3.75. The fourth-order valence-electron chi connectivity index (χ4n) is 5.77. The molecule has 2 aromatic carbocycles. The third kappa shape index (κ3) is 5.89. The van der Waals surface area contributed by atoms with Crippen LogP contribution in [-0.4, -0.2) is 71.6 Å². The monoisotopic (exact) mass is 555 g/mol. The SMILES string of the molecule is COc1cc2ncnc(Nc3cccc(Cl)c3F)c2cc1OC1CCC(N2CCCC[C@H]2C(=O)N(C)C)CC1. The van der Waals surface area contributed by atoms with Crippen LogP contribution in [-0.2, 0) is 4.79 Å². The smallest absolute Gasteiger partial charge is 0.239 e. The molecule has 1 saturated heterocycles. The Balaban J connectivity index is 1.32.